The molecular formula is C39H53N9O3. The zero-order valence-electron chi connectivity index (χ0n) is 30.6. The highest BCUT2D eigenvalue weighted by Crippen LogP contribution is 2.40. The van der Waals surface area contributed by atoms with Crippen LogP contribution in [-0.4, -0.2) is 110 Å². The van der Waals surface area contributed by atoms with Crippen LogP contribution in [0, 0.1) is 0 Å². The Bertz CT molecular complexity index is 1690. The lowest BCUT2D eigenvalue weighted by molar-refractivity contribution is -0.111. The Morgan fingerprint density at radius 3 is 2.57 bits per heavy atom. The van der Waals surface area contributed by atoms with E-state index in [0.717, 1.165) is 63.6 Å². The molecule has 3 aromatic rings. The topological polar surface area (TPSA) is 102 Å². The van der Waals surface area contributed by atoms with E-state index < -0.39 is 0 Å². The van der Waals surface area contributed by atoms with Crippen molar-refractivity contribution in [2.45, 2.75) is 69.6 Å². The van der Waals surface area contributed by atoms with Crippen LogP contribution in [0.15, 0.2) is 61.4 Å². The van der Waals surface area contributed by atoms with Gasteiger partial charge in [0.05, 0.1) is 36.8 Å². The van der Waals surface area contributed by atoms with Crippen LogP contribution in [-0.2, 0) is 16.1 Å². The molecule has 51 heavy (non-hydrogen) atoms. The van der Waals surface area contributed by atoms with Crippen molar-refractivity contribution in [2.24, 2.45) is 0 Å². The van der Waals surface area contributed by atoms with Gasteiger partial charge in [-0.1, -0.05) is 18.7 Å². The molecule has 0 spiro atoms. The number of aromatic nitrogens is 2. The summed E-state index contributed by atoms with van der Waals surface area (Å²) in [5.74, 6) is 1.67. The van der Waals surface area contributed by atoms with Gasteiger partial charge in [0, 0.05) is 82.8 Å². The van der Waals surface area contributed by atoms with Gasteiger partial charge in [-0.25, -0.2) is 15.0 Å². The molecule has 12 nitrogen and oxygen atoms in total. The van der Waals surface area contributed by atoms with Crippen LogP contribution < -0.4 is 30.2 Å². The molecule has 1 saturated carbocycles. The summed E-state index contributed by atoms with van der Waals surface area (Å²) in [6.07, 6.45) is 9.48. The lowest BCUT2D eigenvalue weighted by atomic mass is 9.99. The smallest absolute Gasteiger partial charge is 0.247 e. The molecular weight excluding hydrogens is 642 g/mol. The fraction of sp³-hybridized carbons (Fsp3) is 0.513. The Labute approximate surface area is 302 Å². The number of piperidine rings is 1. The van der Waals surface area contributed by atoms with Gasteiger partial charge in [-0.05, 0) is 75.3 Å². The molecule has 3 aliphatic heterocycles. The lowest BCUT2D eigenvalue weighted by Gasteiger charge is -2.46. The zero-order valence-corrected chi connectivity index (χ0v) is 30.6. The molecule has 4 fully saturated rings. The van der Waals surface area contributed by atoms with Gasteiger partial charge in [-0.3, -0.25) is 19.4 Å². The Kier molecular flexibility index (Phi) is 10.6. The standard InChI is InChI=1S/C39H53N9O3/c1-6-39(49)43-33-22-34(36(50-5)23-35(33)45-15-12-29(13-16-45)46-17-18-47(27(2)25-46)30-10-11-30)42-37-24-38(41-26-40-37)48-32(14-19-51-48)21-28-8-7-9-31(20-28)44(3)4/h6-9,20,22-24,26-27,29-30,32H,1,10-19,21,25H2,2-5H3,(H,43,49)(H,40,41,42)/t27-,32-/m1/s1. The summed E-state index contributed by atoms with van der Waals surface area (Å²) in [6.45, 7) is 12.0. The largest absolute Gasteiger partial charge is 0.494 e. The minimum Gasteiger partial charge on any atom is -0.494 e. The molecule has 2 aromatic carbocycles. The van der Waals surface area contributed by atoms with Crippen LogP contribution in [0.3, 0.4) is 0 Å². The molecule has 0 unspecified atom stereocenters. The molecule has 0 radical (unpaired) electrons. The highest BCUT2D eigenvalue weighted by molar-refractivity contribution is 6.02. The van der Waals surface area contributed by atoms with Gasteiger partial charge in [0.25, 0.3) is 0 Å². The van der Waals surface area contributed by atoms with Gasteiger partial charge in [0.15, 0.2) is 5.82 Å². The van der Waals surface area contributed by atoms with Crippen LogP contribution in [0.25, 0.3) is 0 Å². The first kappa shape index (κ1) is 35.0. The summed E-state index contributed by atoms with van der Waals surface area (Å²) in [4.78, 5) is 37.8. The van der Waals surface area contributed by atoms with E-state index in [1.165, 1.54) is 36.7 Å². The summed E-state index contributed by atoms with van der Waals surface area (Å²) in [5.41, 5.74) is 4.74. The van der Waals surface area contributed by atoms with Crippen molar-refractivity contribution < 1.29 is 14.4 Å². The monoisotopic (exact) mass is 695 g/mol. The maximum Gasteiger partial charge on any atom is 0.247 e. The number of hydrogen-bond acceptors (Lipinski definition) is 11. The second kappa shape index (κ2) is 15.5. The molecule has 1 aromatic heterocycles. The Balaban J connectivity index is 1.06. The quantitative estimate of drug-likeness (QED) is 0.241. The summed E-state index contributed by atoms with van der Waals surface area (Å²) < 4.78 is 5.92. The number of carbonyl (C=O) groups is 1. The second-order valence-electron chi connectivity index (χ2n) is 14.6. The van der Waals surface area contributed by atoms with Crippen LogP contribution >= 0.6 is 0 Å². The molecule has 2 N–H and O–H groups in total. The van der Waals surface area contributed by atoms with Crippen molar-refractivity contribution in [1.82, 2.24) is 19.8 Å². The summed E-state index contributed by atoms with van der Waals surface area (Å²) in [5, 5.41) is 8.40. The van der Waals surface area contributed by atoms with Crippen molar-refractivity contribution in [3.63, 3.8) is 0 Å². The van der Waals surface area contributed by atoms with E-state index >= 15 is 0 Å². The zero-order chi connectivity index (χ0) is 35.5. The van der Waals surface area contributed by atoms with Crippen molar-refractivity contribution in [3.05, 3.63) is 67.0 Å². The average Bonchev–Trinajstić information content (AvgIpc) is 3.89. The highest BCUT2D eigenvalue weighted by Gasteiger charge is 2.37. The van der Waals surface area contributed by atoms with Gasteiger partial charge >= 0.3 is 0 Å². The summed E-state index contributed by atoms with van der Waals surface area (Å²) >= 11 is 0. The summed E-state index contributed by atoms with van der Waals surface area (Å²) in [6, 6.07) is 16.6. The number of piperazine rings is 1. The molecule has 1 amide bonds. The fourth-order valence-electron chi connectivity index (χ4n) is 7.99. The number of hydroxylamine groups is 1. The van der Waals surface area contributed by atoms with E-state index in [4.69, 9.17) is 9.57 Å². The molecule has 0 bridgehead atoms. The Hall–Kier alpha value is -4.39. The third-order valence-corrected chi connectivity index (χ3v) is 10.9. The molecule has 4 aliphatic rings. The predicted molar refractivity (Wildman–Crippen MR) is 204 cm³/mol. The number of nitrogens with zero attached hydrogens (tertiary/aromatic N) is 7. The number of carbonyl (C=O) groups excluding carboxylic acids is 1. The van der Waals surface area contributed by atoms with Gasteiger partial charge in [-0.2, -0.15) is 0 Å². The van der Waals surface area contributed by atoms with E-state index in [1.807, 2.05) is 23.3 Å². The first-order valence-electron chi connectivity index (χ1n) is 18.5. The number of hydrogen-bond donors (Lipinski definition) is 2. The number of rotatable bonds is 12. The number of amides is 1. The molecule has 4 heterocycles. The van der Waals surface area contributed by atoms with Gasteiger partial charge in [-0.15, -0.1) is 0 Å². The number of methoxy groups -OCH3 is 1. The lowest BCUT2D eigenvalue weighted by Crippen LogP contribution is -2.57. The fourth-order valence-corrected chi connectivity index (χ4v) is 7.99. The van der Waals surface area contributed by atoms with Gasteiger partial charge in [0.2, 0.25) is 5.91 Å². The van der Waals surface area contributed by atoms with Crippen molar-refractivity contribution in [2.75, 3.05) is 86.0 Å². The third-order valence-electron chi connectivity index (χ3n) is 10.9. The van der Waals surface area contributed by atoms with Crippen molar-refractivity contribution in [3.8, 4) is 5.75 Å². The van der Waals surface area contributed by atoms with Gasteiger partial charge in [0.1, 0.15) is 17.9 Å². The first-order valence-corrected chi connectivity index (χ1v) is 18.5. The number of anilines is 6. The molecule has 3 saturated heterocycles. The van der Waals surface area contributed by atoms with Crippen LogP contribution in [0.5, 0.6) is 5.75 Å². The molecule has 272 valence electrons. The Morgan fingerprint density at radius 2 is 1.84 bits per heavy atom. The SMILES string of the molecule is C=CC(=O)Nc1cc(Nc2cc(N3OCC[C@@H]3Cc3cccc(N(C)C)c3)ncn2)c(OC)cc1N1CCC(N2CCN(C3CC3)[C@H](C)C2)CC1. The van der Waals surface area contributed by atoms with Gasteiger partial charge < -0.3 is 25.2 Å². The minimum absolute atomic E-state index is 0.139. The number of ether oxygens (including phenoxy) is 1. The maximum atomic E-state index is 12.7. The Morgan fingerprint density at radius 1 is 1.02 bits per heavy atom. The predicted octanol–water partition coefficient (Wildman–Crippen LogP) is 5.31. The molecule has 7 rings (SSSR count). The van der Waals surface area contributed by atoms with E-state index in [0.29, 0.717) is 47.5 Å². The van der Waals surface area contributed by atoms with Crippen molar-refractivity contribution in [1.29, 1.82) is 0 Å². The van der Waals surface area contributed by atoms with E-state index in [1.54, 1.807) is 13.4 Å². The molecule has 2 atom stereocenters. The minimum atomic E-state index is -0.262. The van der Waals surface area contributed by atoms with Crippen molar-refractivity contribution >= 4 is 40.3 Å². The van der Waals surface area contributed by atoms with Crippen LogP contribution in [0.1, 0.15) is 44.6 Å². The molecule has 1 aliphatic carbocycles. The van der Waals surface area contributed by atoms with E-state index in [-0.39, 0.29) is 11.9 Å². The number of benzene rings is 2. The van der Waals surface area contributed by atoms with E-state index in [2.05, 4.69) is 92.1 Å². The number of nitrogens with one attached hydrogen (secondary N) is 2. The normalized spacial score (nSPS) is 21.8. The average molecular weight is 696 g/mol. The third kappa shape index (κ3) is 8.08. The maximum absolute atomic E-state index is 12.7. The van der Waals surface area contributed by atoms with E-state index in [9.17, 15) is 4.79 Å². The van der Waals surface area contributed by atoms with Crippen LogP contribution in [0.2, 0.25) is 0 Å². The summed E-state index contributed by atoms with van der Waals surface area (Å²) in [7, 11) is 5.78. The molecule has 12 heteroatoms. The second-order valence-corrected chi connectivity index (χ2v) is 14.6. The van der Waals surface area contributed by atoms with Crippen LogP contribution in [0.4, 0.5) is 34.4 Å². The highest BCUT2D eigenvalue weighted by atomic mass is 16.7. The first-order chi connectivity index (χ1) is 24.8.